The summed E-state index contributed by atoms with van der Waals surface area (Å²) in [4.78, 5) is 2.57. The summed E-state index contributed by atoms with van der Waals surface area (Å²) in [5, 5.41) is 0. The molecule has 3 heteroatoms. The molecule has 2 unspecified atom stereocenters. The largest absolute Gasteiger partial charge is 0.496 e. The highest BCUT2D eigenvalue weighted by Gasteiger charge is 2.23. The summed E-state index contributed by atoms with van der Waals surface area (Å²) in [6, 6.07) is 7.11. The third-order valence-corrected chi connectivity index (χ3v) is 4.17. The topological polar surface area (TPSA) is 38.5 Å². The molecular formula is C16H26N2O. The zero-order chi connectivity index (χ0) is 13.8. The van der Waals surface area contributed by atoms with Crippen molar-refractivity contribution in [2.24, 2.45) is 5.73 Å². The van der Waals surface area contributed by atoms with E-state index < -0.39 is 0 Å². The third-order valence-electron chi connectivity index (χ3n) is 4.17. The number of methoxy groups -OCH3 is 1. The lowest BCUT2D eigenvalue weighted by Crippen LogP contribution is -2.28. The Morgan fingerprint density at radius 2 is 2.26 bits per heavy atom. The summed E-state index contributed by atoms with van der Waals surface area (Å²) < 4.78 is 5.49. The van der Waals surface area contributed by atoms with Gasteiger partial charge in [-0.25, -0.2) is 0 Å². The number of likely N-dealkylation sites (tertiary alicyclic amines) is 1. The van der Waals surface area contributed by atoms with Crippen LogP contribution in [0.4, 0.5) is 0 Å². The molecule has 2 rings (SSSR count). The second kappa shape index (κ2) is 6.40. The molecule has 1 saturated heterocycles. The fourth-order valence-corrected chi connectivity index (χ4v) is 2.99. The van der Waals surface area contributed by atoms with Crippen molar-refractivity contribution in [1.82, 2.24) is 4.90 Å². The Morgan fingerprint density at radius 3 is 2.89 bits per heavy atom. The first-order valence-electron chi connectivity index (χ1n) is 7.32. The van der Waals surface area contributed by atoms with Crippen LogP contribution < -0.4 is 10.5 Å². The number of benzene rings is 1. The average Bonchev–Trinajstić information content (AvgIpc) is 2.85. The molecule has 19 heavy (non-hydrogen) atoms. The second-order valence-corrected chi connectivity index (χ2v) is 5.53. The molecule has 1 aliphatic heterocycles. The van der Waals surface area contributed by atoms with E-state index in [4.69, 9.17) is 10.5 Å². The zero-order valence-corrected chi connectivity index (χ0v) is 12.4. The smallest absolute Gasteiger partial charge is 0.123 e. The van der Waals surface area contributed by atoms with E-state index in [1.165, 1.54) is 36.9 Å². The van der Waals surface area contributed by atoms with Crippen LogP contribution in [-0.4, -0.2) is 24.6 Å². The lowest BCUT2D eigenvalue weighted by molar-refractivity contribution is 0.236. The van der Waals surface area contributed by atoms with Crippen molar-refractivity contribution in [2.45, 2.75) is 51.7 Å². The Kier molecular flexibility index (Phi) is 4.83. The van der Waals surface area contributed by atoms with Gasteiger partial charge in [-0.1, -0.05) is 13.0 Å². The van der Waals surface area contributed by atoms with Gasteiger partial charge in [0.1, 0.15) is 5.75 Å². The summed E-state index contributed by atoms with van der Waals surface area (Å²) in [6.07, 6.45) is 3.87. The number of hydrogen-bond acceptors (Lipinski definition) is 3. The van der Waals surface area contributed by atoms with Gasteiger partial charge in [0.2, 0.25) is 0 Å². The van der Waals surface area contributed by atoms with Gasteiger partial charge in [0.25, 0.3) is 0 Å². The van der Waals surface area contributed by atoms with E-state index in [1.807, 2.05) is 13.0 Å². The molecule has 2 atom stereocenters. The van der Waals surface area contributed by atoms with Crippen LogP contribution in [-0.2, 0) is 6.54 Å². The van der Waals surface area contributed by atoms with Crippen LogP contribution in [0.15, 0.2) is 18.2 Å². The molecule has 1 fully saturated rings. The minimum absolute atomic E-state index is 0.0743. The normalized spacial score (nSPS) is 21.6. The van der Waals surface area contributed by atoms with Gasteiger partial charge in [0.05, 0.1) is 7.11 Å². The Hall–Kier alpha value is -1.06. The fourth-order valence-electron chi connectivity index (χ4n) is 2.99. The molecule has 0 bridgehead atoms. The van der Waals surface area contributed by atoms with Crippen molar-refractivity contribution in [3.05, 3.63) is 29.3 Å². The van der Waals surface area contributed by atoms with Crippen LogP contribution in [0.5, 0.6) is 5.75 Å². The quantitative estimate of drug-likeness (QED) is 0.886. The SMILES string of the molecule is CCC1CCCN1Cc1cc(C(C)N)ccc1OC. The van der Waals surface area contributed by atoms with Gasteiger partial charge in [-0.2, -0.15) is 0 Å². The lowest BCUT2D eigenvalue weighted by atomic mass is 10.0. The highest BCUT2D eigenvalue weighted by Crippen LogP contribution is 2.28. The molecule has 106 valence electrons. The first kappa shape index (κ1) is 14.4. The maximum Gasteiger partial charge on any atom is 0.123 e. The predicted molar refractivity (Wildman–Crippen MR) is 79.3 cm³/mol. The van der Waals surface area contributed by atoms with E-state index in [2.05, 4.69) is 24.0 Å². The minimum atomic E-state index is 0.0743. The van der Waals surface area contributed by atoms with Gasteiger partial charge in [-0.3, -0.25) is 4.90 Å². The summed E-state index contributed by atoms with van der Waals surface area (Å²) in [6.45, 7) is 6.47. The molecule has 2 N–H and O–H groups in total. The maximum atomic E-state index is 5.98. The molecule has 0 saturated carbocycles. The lowest BCUT2D eigenvalue weighted by Gasteiger charge is -2.24. The van der Waals surface area contributed by atoms with E-state index in [-0.39, 0.29) is 6.04 Å². The Morgan fingerprint density at radius 1 is 1.47 bits per heavy atom. The molecule has 1 aliphatic rings. The molecule has 0 aliphatic carbocycles. The summed E-state index contributed by atoms with van der Waals surface area (Å²) in [5.41, 5.74) is 8.43. The zero-order valence-electron chi connectivity index (χ0n) is 12.4. The van der Waals surface area contributed by atoms with Gasteiger partial charge < -0.3 is 10.5 Å². The number of nitrogens with zero attached hydrogens (tertiary/aromatic N) is 1. The van der Waals surface area contributed by atoms with Crippen LogP contribution in [0, 0.1) is 0 Å². The van der Waals surface area contributed by atoms with E-state index in [0.29, 0.717) is 0 Å². The van der Waals surface area contributed by atoms with Crippen LogP contribution >= 0.6 is 0 Å². The van der Waals surface area contributed by atoms with Gasteiger partial charge >= 0.3 is 0 Å². The molecule has 1 aromatic rings. The van der Waals surface area contributed by atoms with E-state index in [9.17, 15) is 0 Å². The number of ether oxygens (including phenoxy) is 1. The van der Waals surface area contributed by atoms with Crippen LogP contribution in [0.3, 0.4) is 0 Å². The Bertz CT molecular complexity index is 417. The van der Waals surface area contributed by atoms with Gasteiger partial charge in [-0.05, 0) is 50.4 Å². The molecule has 0 spiro atoms. The molecule has 0 amide bonds. The average molecular weight is 262 g/mol. The molecular weight excluding hydrogens is 236 g/mol. The second-order valence-electron chi connectivity index (χ2n) is 5.53. The standard InChI is InChI=1S/C16H26N2O/c1-4-15-6-5-9-18(15)11-14-10-13(12(2)17)7-8-16(14)19-3/h7-8,10,12,15H,4-6,9,11,17H2,1-3H3. The number of rotatable bonds is 5. The van der Waals surface area contributed by atoms with Gasteiger partial charge in [0.15, 0.2) is 0 Å². The van der Waals surface area contributed by atoms with Crippen LogP contribution in [0.25, 0.3) is 0 Å². The van der Waals surface area contributed by atoms with Crippen molar-refractivity contribution in [3.63, 3.8) is 0 Å². The first-order valence-corrected chi connectivity index (χ1v) is 7.32. The summed E-state index contributed by atoms with van der Waals surface area (Å²) in [5.74, 6) is 0.978. The minimum Gasteiger partial charge on any atom is -0.496 e. The maximum absolute atomic E-state index is 5.98. The van der Waals surface area contributed by atoms with Crippen LogP contribution in [0.1, 0.15) is 50.3 Å². The van der Waals surface area contributed by atoms with Crippen molar-refractivity contribution in [2.75, 3.05) is 13.7 Å². The fraction of sp³-hybridized carbons (Fsp3) is 0.625. The molecule has 0 radical (unpaired) electrons. The highest BCUT2D eigenvalue weighted by molar-refractivity contribution is 5.38. The molecule has 0 aromatic heterocycles. The number of hydrogen-bond donors (Lipinski definition) is 1. The number of nitrogens with two attached hydrogens (primary N) is 1. The van der Waals surface area contributed by atoms with Crippen molar-refractivity contribution >= 4 is 0 Å². The van der Waals surface area contributed by atoms with E-state index >= 15 is 0 Å². The van der Waals surface area contributed by atoms with Gasteiger partial charge in [0, 0.05) is 24.2 Å². The van der Waals surface area contributed by atoms with Gasteiger partial charge in [-0.15, -0.1) is 0 Å². The first-order chi connectivity index (χ1) is 9.15. The highest BCUT2D eigenvalue weighted by atomic mass is 16.5. The van der Waals surface area contributed by atoms with Crippen molar-refractivity contribution in [1.29, 1.82) is 0 Å². The van der Waals surface area contributed by atoms with E-state index in [0.717, 1.165) is 18.3 Å². The van der Waals surface area contributed by atoms with Crippen molar-refractivity contribution in [3.8, 4) is 5.75 Å². The molecule has 3 nitrogen and oxygen atoms in total. The monoisotopic (exact) mass is 262 g/mol. The van der Waals surface area contributed by atoms with Crippen molar-refractivity contribution < 1.29 is 4.74 Å². The Labute approximate surface area is 116 Å². The molecule has 1 aromatic carbocycles. The predicted octanol–water partition coefficient (Wildman–Crippen LogP) is 3.09. The summed E-state index contributed by atoms with van der Waals surface area (Å²) >= 11 is 0. The Balaban J connectivity index is 2.19. The summed E-state index contributed by atoms with van der Waals surface area (Å²) in [7, 11) is 1.74. The third kappa shape index (κ3) is 3.28. The van der Waals surface area contributed by atoms with Crippen LogP contribution in [0.2, 0.25) is 0 Å². The molecule has 1 heterocycles. The van der Waals surface area contributed by atoms with E-state index in [1.54, 1.807) is 7.11 Å².